The third kappa shape index (κ3) is 4.91. The van der Waals surface area contributed by atoms with Gasteiger partial charge in [0.25, 0.3) is 5.91 Å². The molecule has 0 aromatic heterocycles. The first-order chi connectivity index (χ1) is 12.7. The Bertz CT molecular complexity index is 910. The minimum atomic E-state index is -3.35. The molecule has 0 spiro atoms. The largest absolute Gasteiger partial charge is 0.497 e. The maximum absolute atomic E-state index is 12.5. The zero-order valence-electron chi connectivity index (χ0n) is 16.0. The fourth-order valence-corrected chi connectivity index (χ4v) is 3.05. The predicted octanol–water partition coefficient (Wildman–Crippen LogP) is 2.59. The topological polar surface area (TPSA) is 84.9 Å². The SMILES string of the molecule is COc1ccc(OC)c([C@@H](C)NC(=O)c2ccc(N(C)S(C)(=O)=O)cc2)c1. The normalized spacial score (nSPS) is 12.2. The molecule has 146 valence electrons. The Morgan fingerprint density at radius 1 is 1.07 bits per heavy atom. The molecule has 0 radical (unpaired) electrons. The lowest BCUT2D eigenvalue weighted by Gasteiger charge is -2.19. The standard InChI is InChI=1S/C19H24N2O5S/c1-13(17-12-16(25-3)10-11-18(17)26-4)20-19(22)14-6-8-15(9-7-14)21(2)27(5,23)24/h6-13H,1-5H3,(H,20,22)/t13-/m1/s1. The number of methoxy groups -OCH3 is 2. The van der Waals surface area contributed by atoms with Crippen molar-refractivity contribution in [1.82, 2.24) is 5.32 Å². The number of rotatable bonds is 7. The quantitative estimate of drug-likeness (QED) is 0.783. The lowest BCUT2D eigenvalue weighted by Crippen LogP contribution is -2.27. The van der Waals surface area contributed by atoms with Crippen molar-refractivity contribution in [3.63, 3.8) is 0 Å². The number of hydrogen-bond donors (Lipinski definition) is 1. The lowest BCUT2D eigenvalue weighted by atomic mass is 10.1. The van der Waals surface area contributed by atoms with Crippen LogP contribution in [0.1, 0.15) is 28.9 Å². The maximum atomic E-state index is 12.5. The van der Waals surface area contributed by atoms with Crippen molar-refractivity contribution in [3.05, 3.63) is 53.6 Å². The molecule has 1 atom stereocenters. The summed E-state index contributed by atoms with van der Waals surface area (Å²) in [6.45, 7) is 1.85. The van der Waals surface area contributed by atoms with Gasteiger partial charge in [-0.25, -0.2) is 8.42 Å². The monoisotopic (exact) mass is 392 g/mol. The van der Waals surface area contributed by atoms with Gasteiger partial charge >= 0.3 is 0 Å². The molecule has 0 fully saturated rings. The third-order valence-electron chi connectivity index (χ3n) is 4.24. The molecule has 8 heteroatoms. The van der Waals surface area contributed by atoms with Crippen LogP contribution in [0.15, 0.2) is 42.5 Å². The van der Waals surface area contributed by atoms with E-state index in [1.54, 1.807) is 50.6 Å². The second-order valence-corrected chi connectivity index (χ2v) is 8.09. The van der Waals surface area contributed by atoms with Crippen LogP contribution in [0.2, 0.25) is 0 Å². The Kier molecular flexibility index (Phi) is 6.32. The summed E-state index contributed by atoms with van der Waals surface area (Å²) in [5.41, 5.74) is 1.70. The van der Waals surface area contributed by atoms with Gasteiger partial charge in [0.05, 0.1) is 32.2 Å². The van der Waals surface area contributed by atoms with Crippen molar-refractivity contribution in [1.29, 1.82) is 0 Å². The molecule has 2 aromatic carbocycles. The molecular formula is C19H24N2O5S. The third-order valence-corrected chi connectivity index (χ3v) is 5.45. The van der Waals surface area contributed by atoms with E-state index in [-0.39, 0.29) is 11.9 Å². The molecule has 2 rings (SSSR count). The van der Waals surface area contributed by atoms with Gasteiger partial charge < -0.3 is 14.8 Å². The van der Waals surface area contributed by atoms with E-state index in [2.05, 4.69) is 5.32 Å². The molecule has 0 bridgehead atoms. The first-order valence-electron chi connectivity index (χ1n) is 8.24. The number of nitrogens with zero attached hydrogens (tertiary/aromatic N) is 1. The Morgan fingerprint density at radius 2 is 1.70 bits per heavy atom. The van der Waals surface area contributed by atoms with Crippen LogP contribution in [0.3, 0.4) is 0 Å². The number of ether oxygens (including phenoxy) is 2. The summed E-state index contributed by atoms with van der Waals surface area (Å²) in [7, 11) is 1.25. The van der Waals surface area contributed by atoms with Crippen molar-refractivity contribution in [2.45, 2.75) is 13.0 Å². The molecule has 0 heterocycles. The summed E-state index contributed by atoms with van der Waals surface area (Å²) in [5, 5.41) is 2.91. The van der Waals surface area contributed by atoms with Crippen LogP contribution in [0, 0.1) is 0 Å². The van der Waals surface area contributed by atoms with Crippen molar-refractivity contribution in [3.8, 4) is 11.5 Å². The first kappa shape index (κ1) is 20.6. The van der Waals surface area contributed by atoms with Gasteiger partial charge in [0, 0.05) is 18.2 Å². The summed E-state index contributed by atoms with van der Waals surface area (Å²) in [6, 6.07) is 11.4. The van der Waals surface area contributed by atoms with Crippen LogP contribution in [0.4, 0.5) is 5.69 Å². The number of sulfonamides is 1. The Hall–Kier alpha value is -2.74. The van der Waals surface area contributed by atoms with Crippen molar-refractivity contribution >= 4 is 21.6 Å². The van der Waals surface area contributed by atoms with Crippen LogP contribution in [-0.2, 0) is 10.0 Å². The van der Waals surface area contributed by atoms with Gasteiger partial charge in [0.15, 0.2) is 0 Å². The van der Waals surface area contributed by atoms with Crippen LogP contribution in [0.25, 0.3) is 0 Å². The lowest BCUT2D eigenvalue weighted by molar-refractivity contribution is 0.0939. The van der Waals surface area contributed by atoms with Gasteiger partial charge in [-0.1, -0.05) is 0 Å². The van der Waals surface area contributed by atoms with Crippen LogP contribution < -0.4 is 19.1 Å². The summed E-state index contributed by atoms with van der Waals surface area (Å²) in [4.78, 5) is 12.5. The molecule has 0 unspecified atom stereocenters. The van der Waals surface area contributed by atoms with E-state index in [9.17, 15) is 13.2 Å². The van der Waals surface area contributed by atoms with Gasteiger partial charge in [-0.3, -0.25) is 9.10 Å². The highest BCUT2D eigenvalue weighted by Gasteiger charge is 2.17. The number of nitrogens with one attached hydrogen (secondary N) is 1. The molecule has 0 aliphatic rings. The van der Waals surface area contributed by atoms with Crippen LogP contribution in [0.5, 0.6) is 11.5 Å². The number of anilines is 1. The Balaban J connectivity index is 2.17. The van der Waals surface area contributed by atoms with E-state index in [0.717, 1.165) is 16.1 Å². The number of amides is 1. The Morgan fingerprint density at radius 3 is 2.22 bits per heavy atom. The molecule has 7 nitrogen and oxygen atoms in total. The average Bonchev–Trinajstić information content (AvgIpc) is 2.66. The maximum Gasteiger partial charge on any atom is 0.251 e. The fraction of sp³-hybridized carbons (Fsp3) is 0.316. The molecule has 0 saturated carbocycles. The molecule has 0 aliphatic heterocycles. The highest BCUT2D eigenvalue weighted by atomic mass is 32.2. The van der Waals surface area contributed by atoms with Gasteiger partial charge in [-0.2, -0.15) is 0 Å². The summed E-state index contributed by atoms with van der Waals surface area (Å²) in [5.74, 6) is 1.04. The van der Waals surface area contributed by atoms with Crippen molar-refractivity contribution in [2.75, 3.05) is 31.8 Å². The van der Waals surface area contributed by atoms with Crippen molar-refractivity contribution in [2.24, 2.45) is 0 Å². The first-order valence-corrected chi connectivity index (χ1v) is 10.1. The van der Waals surface area contributed by atoms with E-state index >= 15 is 0 Å². The predicted molar refractivity (Wildman–Crippen MR) is 105 cm³/mol. The smallest absolute Gasteiger partial charge is 0.251 e. The van der Waals surface area contributed by atoms with Crippen LogP contribution >= 0.6 is 0 Å². The van der Waals surface area contributed by atoms with Gasteiger partial charge in [-0.05, 0) is 49.4 Å². The summed E-state index contributed by atoms with van der Waals surface area (Å²) < 4.78 is 34.9. The Labute approximate surface area is 160 Å². The second-order valence-electron chi connectivity index (χ2n) is 6.08. The molecule has 0 aliphatic carbocycles. The van der Waals surface area contributed by atoms with E-state index in [1.165, 1.54) is 7.05 Å². The zero-order valence-corrected chi connectivity index (χ0v) is 16.8. The minimum absolute atomic E-state index is 0.277. The highest BCUT2D eigenvalue weighted by molar-refractivity contribution is 7.92. The summed E-state index contributed by atoms with van der Waals surface area (Å²) in [6.07, 6.45) is 1.12. The molecule has 27 heavy (non-hydrogen) atoms. The minimum Gasteiger partial charge on any atom is -0.497 e. The molecule has 1 amide bonds. The molecule has 2 aromatic rings. The average molecular weight is 392 g/mol. The molecule has 1 N–H and O–H groups in total. The summed E-state index contributed by atoms with van der Waals surface area (Å²) >= 11 is 0. The van der Waals surface area contributed by atoms with E-state index in [0.29, 0.717) is 22.7 Å². The van der Waals surface area contributed by atoms with Crippen molar-refractivity contribution < 1.29 is 22.7 Å². The van der Waals surface area contributed by atoms with Crippen LogP contribution in [-0.4, -0.2) is 41.8 Å². The van der Waals surface area contributed by atoms with Gasteiger partial charge in [0.2, 0.25) is 10.0 Å². The highest BCUT2D eigenvalue weighted by Crippen LogP contribution is 2.29. The van der Waals surface area contributed by atoms with Gasteiger partial charge in [0.1, 0.15) is 11.5 Å². The number of carbonyl (C=O) groups excluding carboxylic acids is 1. The zero-order chi connectivity index (χ0) is 20.2. The van der Waals surface area contributed by atoms with E-state index in [1.807, 2.05) is 13.0 Å². The van der Waals surface area contributed by atoms with E-state index < -0.39 is 10.0 Å². The fourth-order valence-electron chi connectivity index (χ4n) is 2.55. The van der Waals surface area contributed by atoms with Gasteiger partial charge in [-0.15, -0.1) is 0 Å². The molecular weight excluding hydrogens is 368 g/mol. The second kappa shape index (κ2) is 8.30. The molecule has 0 saturated heterocycles. The number of hydrogen-bond acceptors (Lipinski definition) is 5. The number of benzene rings is 2. The van der Waals surface area contributed by atoms with E-state index in [4.69, 9.17) is 9.47 Å². The number of carbonyl (C=O) groups is 1.